The first-order valence-electron chi connectivity index (χ1n) is 14.4. The molecule has 0 bridgehead atoms. The van der Waals surface area contributed by atoms with Crippen LogP contribution < -0.4 is 4.90 Å². The molecule has 1 aliphatic rings. The highest BCUT2D eigenvalue weighted by Crippen LogP contribution is 2.32. The molecule has 0 saturated carbocycles. The monoisotopic (exact) mass is 582 g/mol. The maximum atomic E-state index is 13.5. The molecule has 2 aromatic heterocycles. The number of likely N-dealkylation sites (tertiary alicyclic amines) is 1. The van der Waals surface area contributed by atoms with E-state index in [1.807, 2.05) is 36.7 Å². The van der Waals surface area contributed by atoms with Crippen molar-refractivity contribution in [3.05, 3.63) is 90.0 Å². The van der Waals surface area contributed by atoms with E-state index in [0.717, 1.165) is 55.4 Å². The number of hydrogen-bond acceptors (Lipinski definition) is 5. The second kappa shape index (κ2) is 14.8. The Bertz CT molecular complexity index is 1250. The largest absolute Gasteiger partial charge is 0.461 e. The van der Waals surface area contributed by atoms with Crippen molar-refractivity contribution in [2.45, 2.75) is 76.1 Å². The maximum absolute atomic E-state index is 13.5. The van der Waals surface area contributed by atoms with Crippen molar-refractivity contribution in [1.82, 2.24) is 14.9 Å². The number of piperidine rings is 1. The number of alkyl halides is 3. The van der Waals surface area contributed by atoms with Gasteiger partial charge in [0.1, 0.15) is 12.1 Å². The van der Waals surface area contributed by atoms with Gasteiger partial charge in [-0.2, -0.15) is 13.2 Å². The molecule has 2 amide bonds. The average Bonchev–Trinajstić information content (AvgIpc) is 3.01. The number of anilines is 1. The third-order valence-corrected chi connectivity index (χ3v) is 7.58. The van der Waals surface area contributed by atoms with Crippen molar-refractivity contribution >= 4 is 17.7 Å². The van der Waals surface area contributed by atoms with Gasteiger partial charge in [0.05, 0.1) is 5.56 Å². The Morgan fingerprint density at radius 1 is 0.976 bits per heavy atom. The van der Waals surface area contributed by atoms with Gasteiger partial charge in [-0.15, -0.1) is 0 Å². The number of ether oxygens (including phenoxy) is 1. The van der Waals surface area contributed by atoms with Crippen LogP contribution in [0.15, 0.2) is 73.3 Å². The zero-order valence-corrected chi connectivity index (χ0v) is 23.8. The van der Waals surface area contributed by atoms with Crippen LogP contribution in [0.5, 0.6) is 0 Å². The molecule has 3 heterocycles. The van der Waals surface area contributed by atoms with Crippen LogP contribution in [-0.2, 0) is 28.5 Å². The maximum Gasteiger partial charge on any atom is 0.416 e. The number of urea groups is 1. The Hall–Kier alpha value is -3.95. The molecule has 7 nitrogen and oxygen atoms in total. The third kappa shape index (κ3) is 8.77. The summed E-state index contributed by atoms with van der Waals surface area (Å²) in [5, 5.41) is 0. The quantitative estimate of drug-likeness (QED) is 0.231. The highest BCUT2D eigenvalue weighted by molar-refractivity contribution is 5.94. The topological polar surface area (TPSA) is 75.6 Å². The number of nitrogens with zero attached hydrogens (tertiary/aromatic N) is 4. The number of carbonyl (C=O) groups excluding carboxylic acids is 2. The lowest BCUT2D eigenvalue weighted by Crippen LogP contribution is -2.53. The number of rotatable bonds is 11. The SMILES string of the molecule is CN(C(=O)N1CCCC[C@H]1C(=O)OC(CCCc1cccnc1)CCCc1cccnc1)c1cccc(C(F)(F)F)c1. The van der Waals surface area contributed by atoms with Crippen LogP contribution in [0.25, 0.3) is 0 Å². The molecule has 0 radical (unpaired) electrons. The lowest BCUT2D eigenvalue weighted by Gasteiger charge is -2.37. The molecule has 224 valence electrons. The summed E-state index contributed by atoms with van der Waals surface area (Å²) in [6.45, 7) is 0.328. The highest BCUT2D eigenvalue weighted by atomic mass is 19.4. The summed E-state index contributed by atoms with van der Waals surface area (Å²) in [6, 6.07) is 11.1. The Morgan fingerprint density at radius 2 is 1.62 bits per heavy atom. The first kappa shape index (κ1) is 31.0. The second-order valence-corrected chi connectivity index (χ2v) is 10.7. The van der Waals surface area contributed by atoms with Crippen LogP contribution in [0.3, 0.4) is 0 Å². The smallest absolute Gasteiger partial charge is 0.416 e. The normalized spacial score (nSPS) is 15.5. The van der Waals surface area contributed by atoms with Crippen molar-refractivity contribution in [1.29, 1.82) is 0 Å². The van der Waals surface area contributed by atoms with Crippen LogP contribution in [0.2, 0.25) is 0 Å². The van der Waals surface area contributed by atoms with Crippen molar-refractivity contribution in [3.63, 3.8) is 0 Å². The first-order chi connectivity index (χ1) is 20.2. The van der Waals surface area contributed by atoms with E-state index in [1.54, 1.807) is 12.4 Å². The number of aryl methyl sites for hydroxylation is 2. The minimum Gasteiger partial charge on any atom is -0.461 e. The summed E-state index contributed by atoms with van der Waals surface area (Å²) < 4.78 is 45.9. The lowest BCUT2D eigenvalue weighted by atomic mass is 10.0. The molecule has 1 aromatic carbocycles. The van der Waals surface area contributed by atoms with Gasteiger partial charge in [0, 0.05) is 44.1 Å². The molecule has 3 aromatic rings. The Kier molecular flexibility index (Phi) is 10.9. The van der Waals surface area contributed by atoms with E-state index in [1.165, 1.54) is 29.0 Å². The van der Waals surface area contributed by atoms with Gasteiger partial charge in [-0.05, 0) is 99.2 Å². The van der Waals surface area contributed by atoms with E-state index in [4.69, 9.17) is 4.74 Å². The molecule has 0 unspecified atom stereocenters. The molecule has 0 spiro atoms. The standard InChI is InChI=1S/C32H37F3N4O3/c1-38(27-14-6-13-26(21-27)32(33,34)35)31(41)39-20-3-2-17-29(39)30(40)42-28(15-4-9-24-11-7-18-36-22-24)16-5-10-25-12-8-19-37-23-25/h6-8,11-14,18-19,21-23,28-29H,2-5,9-10,15-17,20H2,1H3/t29-/m0/s1. The fourth-order valence-electron chi connectivity index (χ4n) is 5.26. The molecule has 10 heteroatoms. The second-order valence-electron chi connectivity index (χ2n) is 10.7. The van der Waals surface area contributed by atoms with Crippen LogP contribution in [0.4, 0.5) is 23.7 Å². The van der Waals surface area contributed by atoms with Crippen LogP contribution in [0.1, 0.15) is 61.6 Å². The summed E-state index contributed by atoms with van der Waals surface area (Å²) in [4.78, 5) is 37.9. The summed E-state index contributed by atoms with van der Waals surface area (Å²) in [5.41, 5.74) is 1.49. The molecule has 0 aliphatic carbocycles. The van der Waals surface area contributed by atoms with E-state index in [-0.39, 0.29) is 11.8 Å². The molecule has 1 aliphatic heterocycles. The third-order valence-electron chi connectivity index (χ3n) is 7.58. The van der Waals surface area contributed by atoms with Crippen molar-refractivity contribution < 1.29 is 27.5 Å². The molecule has 42 heavy (non-hydrogen) atoms. The van der Waals surface area contributed by atoms with Crippen molar-refractivity contribution in [2.24, 2.45) is 0 Å². The van der Waals surface area contributed by atoms with Gasteiger partial charge in [-0.25, -0.2) is 9.59 Å². The van der Waals surface area contributed by atoms with E-state index in [0.29, 0.717) is 32.2 Å². The van der Waals surface area contributed by atoms with Crippen LogP contribution in [0, 0.1) is 0 Å². The van der Waals surface area contributed by atoms with Gasteiger partial charge in [-0.3, -0.25) is 14.9 Å². The number of esters is 1. The zero-order valence-electron chi connectivity index (χ0n) is 23.8. The van der Waals surface area contributed by atoms with Crippen LogP contribution >= 0.6 is 0 Å². The van der Waals surface area contributed by atoms with Gasteiger partial charge in [0.2, 0.25) is 0 Å². The molecular formula is C32H37F3N4O3. The highest BCUT2D eigenvalue weighted by Gasteiger charge is 2.37. The molecular weight excluding hydrogens is 545 g/mol. The summed E-state index contributed by atoms with van der Waals surface area (Å²) >= 11 is 0. The first-order valence-corrected chi connectivity index (χ1v) is 14.4. The zero-order chi connectivity index (χ0) is 30.0. The summed E-state index contributed by atoms with van der Waals surface area (Å²) in [7, 11) is 1.43. The fraction of sp³-hybridized carbons (Fsp3) is 0.438. The van der Waals surface area contributed by atoms with Gasteiger partial charge in [0.15, 0.2) is 0 Å². The predicted molar refractivity (Wildman–Crippen MR) is 154 cm³/mol. The lowest BCUT2D eigenvalue weighted by molar-refractivity contribution is -0.156. The fourth-order valence-corrected chi connectivity index (χ4v) is 5.26. The minimum atomic E-state index is -4.53. The van der Waals surface area contributed by atoms with Crippen LogP contribution in [-0.4, -0.2) is 52.6 Å². The number of amides is 2. The molecule has 0 N–H and O–H groups in total. The van der Waals surface area contributed by atoms with Gasteiger partial charge in [-0.1, -0.05) is 18.2 Å². The van der Waals surface area contributed by atoms with Gasteiger partial charge in [0.25, 0.3) is 0 Å². The predicted octanol–water partition coefficient (Wildman–Crippen LogP) is 6.86. The number of pyridine rings is 2. The molecule has 4 rings (SSSR count). The Morgan fingerprint density at radius 3 is 2.19 bits per heavy atom. The van der Waals surface area contributed by atoms with E-state index in [9.17, 15) is 22.8 Å². The van der Waals surface area contributed by atoms with E-state index in [2.05, 4.69) is 9.97 Å². The average molecular weight is 583 g/mol. The number of carbonyl (C=O) groups is 2. The van der Waals surface area contributed by atoms with E-state index >= 15 is 0 Å². The summed E-state index contributed by atoms with van der Waals surface area (Å²) in [5.74, 6) is -0.465. The molecule has 1 saturated heterocycles. The molecule has 1 atom stereocenters. The number of halogens is 3. The Labute approximate surface area is 244 Å². The number of benzene rings is 1. The Balaban J connectivity index is 1.42. The van der Waals surface area contributed by atoms with E-state index < -0.39 is 29.8 Å². The van der Waals surface area contributed by atoms with Crippen molar-refractivity contribution in [3.8, 4) is 0 Å². The van der Waals surface area contributed by atoms with Gasteiger partial charge >= 0.3 is 18.2 Å². The number of hydrogen-bond donors (Lipinski definition) is 0. The molecule has 1 fully saturated rings. The number of aromatic nitrogens is 2. The summed E-state index contributed by atoms with van der Waals surface area (Å²) in [6.07, 6.45) is 8.72. The minimum absolute atomic E-state index is 0.108. The van der Waals surface area contributed by atoms with Crippen molar-refractivity contribution in [2.75, 3.05) is 18.5 Å². The van der Waals surface area contributed by atoms with Gasteiger partial charge < -0.3 is 9.64 Å².